The number of hydrogen-bond acceptors (Lipinski definition) is 3. The third kappa shape index (κ3) is 2.18. The van der Waals surface area contributed by atoms with Crippen LogP contribution in [0.1, 0.15) is 50.8 Å². The second kappa shape index (κ2) is 4.55. The third-order valence-corrected chi connectivity index (χ3v) is 6.06. The molecule has 1 aromatic heterocycles. The molecule has 0 radical (unpaired) electrons. The van der Waals surface area contributed by atoms with Gasteiger partial charge in [-0.1, -0.05) is 0 Å². The Hall–Kier alpha value is -0.900. The largest absolute Gasteiger partial charge is 0.393 e. The van der Waals surface area contributed by atoms with E-state index in [0.717, 1.165) is 30.0 Å². The molecule has 4 aliphatic rings. The topological polar surface area (TPSA) is 50.9 Å². The van der Waals surface area contributed by atoms with Crippen molar-refractivity contribution in [3.8, 4) is 0 Å². The maximum atomic E-state index is 10.5. The number of aryl methyl sites for hydroxylation is 1. The van der Waals surface area contributed by atoms with Crippen molar-refractivity contribution in [2.75, 3.05) is 0 Å². The summed E-state index contributed by atoms with van der Waals surface area (Å²) in [4.78, 5) is 4.24. The lowest BCUT2D eigenvalue weighted by Gasteiger charge is -2.57. The van der Waals surface area contributed by atoms with Crippen molar-refractivity contribution in [2.45, 2.75) is 57.5 Å². The van der Waals surface area contributed by atoms with Crippen LogP contribution >= 0.6 is 0 Å². The molecular weight excluding hydrogens is 250 g/mol. The van der Waals surface area contributed by atoms with E-state index in [1.807, 2.05) is 7.05 Å². The van der Waals surface area contributed by atoms with Gasteiger partial charge in [0.25, 0.3) is 0 Å². The molecule has 20 heavy (non-hydrogen) atoms. The van der Waals surface area contributed by atoms with E-state index in [0.29, 0.717) is 11.8 Å². The van der Waals surface area contributed by atoms with Crippen LogP contribution in [0.25, 0.3) is 0 Å². The maximum absolute atomic E-state index is 10.5. The van der Waals surface area contributed by atoms with Crippen molar-refractivity contribution >= 4 is 0 Å². The zero-order chi connectivity index (χ0) is 13.7. The van der Waals surface area contributed by atoms with Crippen LogP contribution in [0, 0.1) is 23.2 Å². The highest BCUT2D eigenvalue weighted by Crippen LogP contribution is 2.61. The molecule has 110 valence electrons. The van der Waals surface area contributed by atoms with Gasteiger partial charge in [-0.2, -0.15) is 5.10 Å². The van der Waals surface area contributed by atoms with E-state index in [-0.39, 0.29) is 6.10 Å². The highest BCUT2D eigenvalue weighted by atomic mass is 16.3. The first-order chi connectivity index (χ1) is 9.62. The maximum Gasteiger partial charge on any atom is 0.138 e. The van der Waals surface area contributed by atoms with Crippen LogP contribution in [0.5, 0.6) is 0 Å². The standard InChI is InChI=1S/C16H25N3O/c1-19-15(17-10-18-19)5-14(20)9-16-6-11-2-12(7-16)4-13(3-11)8-16/h10-14,20H,2-9H2,1H3. The number of rotatable bonds is 4. The molecule has 0 saturated heterocycles. The zero-order valence-corrected chi connectivity index (χ0v) is 12.3. The van der Waals surface area contributed by atoms with Crippen LogP contribution in [0.2, 0.25) is 0 Å². The molecule has 5 rings (SSSR count). The molecule has 4 bridgehead atoms. The number of nitrogens with zero attached hydrogens (tertiary/aromatic N) is 3. The first-order valence-electron chi connectivity index (χ1n) is 8.13. The monoisotopic (exact) mass is 275 g/mol. The second-order valence-corrected chi connectivity index (χ2v) is 7.78. The van der Waals surface area contributed by atoms with Gasteiger partial charge in [0.05, 0.1) is 6.10 Å². The van der Waals surface area contributed by atoms with Crippen LogP contribution in [0.4, 0.5) is 0 Å². The molecular formula is C16H25N3O. The molecule has 0 aliphatic heterocycles. The molecule has 0 spiro atoms. The summed E-state index contributed by atoms with van der Waals surface area (Å²) in [6.07, 6.45) is 11.5. The average Bonchev–Trinajstić information content (AvgIpc) is 2.72. The Bertz CT molecular complexity index is 460. The minimum atomic E-state index is -0.255. The minimum Gasteiger partial charge on any atom is -0.393 e. The van der Waals surface area contributed by atoms with Crippen LogP contribution < -0.4 is 0 Å². The van der Waals surface area contributed by atoms with Crippen LogP contribution in [-0.4, -0.2) is 26.0 Å². The Morgan fingerprint density at radius 2 is 1.85 bits per heavy atom. The Balaban J connectivity index is 1.44. The first-order valence-corrected chi connectivity index (χ1v) is 8.13. The molecule has 1 heterocycles. The molecule has 4 aliphatic carbocycles. The summed E-state index contributed by atoms with van der Waals surface area (Å²) in [6.45, 7) is 0. The summed E-state index contributed by atoms with van der Waals surface area (Å²) >= 11 is 0. The highest BCUT2D eigenvalue weighted by Gasteiger charge is 2.51. The van der Waals surface area contributed by atoms with Crippen LogP contribution in [0.15, 0.2) is 6.33 Å². The van der Waals surface area contributed by atoms with E-state index < -0.39 is 0 Å². The lowest BCUT2D eigenvalue weighted by molar-refractivity contribution is -0.0758. The molecule has 1 aromatic rings. The number of aliphatic hydroxyl groups excluding tert-OH is 1. The average molecular weight is 275 g/mol. The van der Waals surface area contributed by atoms with Gasteiger partial charge in [-0.25, -0.2) is 4.98 Å². The SMILES string of the molecule is Cn1ncnc1CC(O)CC12CC3CC(CC(C3)C1)C2. The van der Waals surface area contributed by atoms with Gasteiger partial charge in [-0.3, -0.25) is 4.68 Å². The smallest absolute Gasteiger partial charge is 0.138 e. The molecule has 4 nitrogen and oxygen atoms in total. The van der Waals surface area contributed by atoms with Gasteiger partial charge in [0.1, 0.15) is 12.2 Å². The summed E-state index contributed by atoms with van der Waals surface area (Å²) in [7, 11) is 1.90. The van der Waals surface area contributed by atoms with Crippen molar-refractivity contribution < 1.29 is 5.11 Å². The van der Waals surface area contributed by atoms with Gasteiger partial charge >= 0.3 is 0 Å². The first kappa shape index (κ1) is 12.8. The normalized spacial score (nSPS) is 40.2. The molecule has 0 amide bonds. The van der Waals surface area contributed by atoms with E-state index in [2.05, 4.69) is 10.1 Å². The number of aliphatic hydroxyl groups is 1. The Morgan fingerprint density at radius 3 is 2.35 bits per heavy atom. The summed E-state index contributed by atoms with van der Waals surface area (Å²) < 4.78 is 1.78. The van der Waals surface area contributed by atoms with E-state index >= 15 is 0 Å². The Kier molecular flexibility index (Phi) is 2.92. The predicted octanol–water partition coefficient (Wildman–Crippen LogP) is 2.33. The predicted molar refractivity (Wildman–Crippen MR) is 75.9 cm³/mol. The lowest BCUT2D eigenvalue weighted by atomic mass is 9.48. The minimum absolute atomic E-state index is 0.255. The summed E-state index contributed by atoms with van der Waals surface area (Å²) in [6, 6.07) is 0. The molecule has 4 fully saturated rings. The van der Waals surface area contributed by atoms with E-state index in [9.17, 15) is 5.11 Å². The summed E-state index contributed by atoms with van der Waals surface area (Å²) in [5.41, 5.74) is 0.451. The van der Waals surface area contributed by atoms with E-state index in [1.165, 1.54) is 38.5 Å². The van der Waals surface area contributed by atoms with Gasteiger partial charge < -0.3 is 5.11 Å². The van der Waals surface area contributed by atoms with Gasteiger partial charge in [-0.05, 0) is 68.1 Å². The Labute approximate surface area is 120 Å². The van der Waals surface area contributed by atoms with Crippen LogP contribution in [0.3, 0.4) is 0 Å². The highest BCUT2D eigenvalue weighted by molar-refractivity contribution is 5.02. The molecule has 1 unspecified atom stereocenters. The summed E-state index contributed by atoms with van der Waals surface area (Å²) in [5, 5.41) is 14.6. The second-order valence-electron chi connectivity index (χ2n) is 7.78. The lowest BCUT2D eigenvalue weighted by Crippen LogP contribution is -2.47. The third-order valence-electron chi connectivity index (χ3n) is 6.06. The fourth-order valence-corrected chi connectivity index (χ4v) is 5.83. The van der Waals surface area contributed by atoms with Crippen molar-refractivity contribution in [3.63, 3.8) is 0 Å². The van der Waals surface area contributed by atoms with Crippen molar-refractivity contribution in [2.24, 2.45) is 30.2 Å². The summed E-state index contributed by atoms with van der Waals surface area (Å²) in [5.74, 6) is 3.79. The quantitative estimate of drug-likeness (QED) is 0.917. The fraction of sp³-hybridized carbons (Fsp3) is 0.875. The van der Waals surface area contributed by atoms with Crippen molar-refractivity contribution in [1.82, 2.24) is 14.8 Å². The van der Waals surface area contributed by atoms with Gasteiger partial charge in [0.15, 0.2) is 0 Å². The van der Waals surface area contributed by atoms with Gasteiger partial charge in [0.2, 0.25) is 0 Å². The van der Waals surface area contributed by atoms with Gasteiger partial charge in [-0.15, -0.1) is 0 Å². The van der Waals surface area contributed by atoms with Crippen molar-refractivity contribution in [1.29, 1.82) is 0 Å². The number of aromatic nitrogens is 3. The van der Waals surface area contributed by atoms with Crippen molar-refractivity contribution in [3.05, 3.63) is 12.2 Å². The molecule has 4 saturated carbocycles. The Morgan fingerprint density at radius 1 is 1.25 bits per heavy atom. The van der Waals surface area contributed by atoms with Gasteiger partial charge in [0, 0.05) is 13.5 Å². The van der Waals surface area contributed by atoms with E-state index in [1.54, 1.807) is 11.0 Å². The van der Waals surface area contributed by atoms with E-state index in [4.69, 9.17) is 0 Å². The number of hydrogen-bond donors (Lipinski definition) is 1. The fourth-order valence-electron chi connectivity index (χ4n) is 5.83. The molecule has 4 heteroatoms. The van der Waals surface area contributed by atoms with Crippen LogP contribution in [-0.2, 0) is 13.5 Å². The molecule has 0 aromatic carbocycles. The molecule has 1 atom stereocenters. The zero-order valence-electron chi connectivity index (χ0n) is 12.3. The molecule has 1 N–H and O–H groups in total.